The number of carbonyl (C=O) groups excluding carboxylic acids is 1. The Labute approximate surface area is 145 Å². The Hall–Kier alpha value is -1.30. The third kappa shape index (κ3) is 4.83. The Morgan fingerprint density at radius 2 is 1.91 bits per heavy atom. The molecule has 23 heavy (non-hydrogen) atoms. The summed E-state index contributed by atoms with van der Waals surface area (Å²) in [4.78, 5) is 23.7. The van der Waals surface area contributed by atoms with Crippen LogP contribution in [0.5, 0.6) is 5.75 Å². The van der Waals surface area contributed by atoms with Gasteiger partial charge in [-0.05, 0) is 41.6 Å². The summed E-state index contributed by atoms with van der Waals surface area (Å²) in [5, 5.41) is 3.11. The molecule has 0 saturated heterocycles. The van der Waals surface area contributed by atoms with Crippen molar-refractivity contribution in [3.63, 3.8) is 0 Å². The van der Waals surface area contributed by atoms with E-state index in [4.69, 9.17) is 4.74 Å². The first-order valence-corrected chi connectivity index (χ1v) is 8.80. The number of ether oxygens (including phenoxy) is 1. The highest BCUT2D eigenvalue weighted by atomic mass is 79.9. The van der Waals surface area contributed by atoms with Crippen molar-refractivity contribution in [3.8, 4) is 5.75 Å². The second-order valence-electron chi connectivity index (χ2n) is 7.25. The molecule has 1 N–H and O–H groups in total. The zero-order chi connectivity index (χ0) is 17.2. The van der Waals surface area contributed by atoms with Crippen LogP contribution in [0.25, 0.3) is 0 Å². The van der Waals surface area contributed by atoms with Crippen LogP contribution >= 0.6 is 15.9 Å². The summed E-state index contributed by atoms with van der Waals surface area (Å²) in [6.45, 7) is 5.76. The van der Waals surface area contributed by atoms with Gasteiger partial charge in [0.15, 0.2) is 0 Å². The van der Waals surface area contributed by atoms with Crippen LogP contribution in [0.4, 0.5) is 0 Å². The molecule has 0 atom stereocenters. The van der Waals surface area contributed by atoms with Gasteiger partial charge in [-0.2, -0.15) is 0 Å². The molecule has 0 aliphatic heterocycles. The van der Waals surface area contributed by atoms with Crippen LogP contribution in [0.1, 0.15) is 46.5 Å². The molecule has 1 amide bonds. The standard InChI is InChI=1S/C17H25BrN2O3/c1-17(2,3)16(22)19-11-5-7-12(8-6-11)23-14-9-15(21)20(4)10-13(14)18/h9-12H,5-8H2,1-4H3,(H,19,22). The van der Waals surface area contributed by atoms with Crippen molar-refractivity contribution in [2.75, 3.05) is 0 Å². The van der Waals surface area contributed by atoms with Gasteiger partial charge in [0.25, 0.3) is 5.56 Å². The molecule has 0 radical (unpaired) electrons. The number of aryl methyl sites for hydroxylation is 1. The summed E-state index contributed by atoms with van der Waals surface area (Å²) >= 11 is 3.43. The number of carbonyl (C=O) groups is 1. The van der Waals surface area contributed by atoms with Gasteiger partial charge in [0.05, 0.1) is 10.6 Å². The van der Waals surface area contributed by atoms with Crippen molar-refractivity contribution < 1.29 is 9.53 Å². The molecule has 0 bridgehead atoms. The lowest BCUT2D eigenvalue weighted by molar-refractivity contribution is -0.129. The van der Waals surface area contributed by atoms with Crippen molar-refractivity contribution >= 4 is 21.8 Å². The molecule has 1 saturated carbocycles. The van der Waals surface area contributed by atoms with E-state index in [1.165, 1.54) is 10.6 Å². The highest BCUT2D eigenvalue weighted by Crippen LogP contribution is 2.28. The molecule has 5 nitrogen and oxygen atoms in total. The van der Waals surface area contributed by atoms with Crippen molar-refractivity contribution in [1.82, 2.24) is 9.88 Å². The summed E-state index contributed by atoms with van der Waals surface area (Å²) in [7, 11) is 1.71. The first-order valence-electron chi connectivity index (χ1n) is 8.00. The average molecular weight is 385 g/mol. The molecule has 0 aromatic carbocycles. The maximum absolute atomic E-state index is 12.0. The fourth-order valence-corrected chi connectivity index (χ4v) is 3.09. The van der Waals surface area contributed by atoms with Crippen molar-refractivity contribution in [2.24, 2.45) is 12.5 Å². The van der Waals surface area contributed by atoms with E-state index in [0.717, 1.165) is 30.2 Å². The van der Waals surface area contributed by atoms with Gasteiger partial charge in [0.2, 0.25) is 5.91 Å². The number of hydrogen-bond donors (Lipinski definition) is 1. The third-order valence-electron chi connectivity index (χ3n) is 4.13. The van der Waals surface area contributed by atoms with E-state index in [1.807, 2.05) is 20.8 Å². The summed E-state index contributed by atoms with van der Waals surface area (Å²) < 4.78 is 8.26. The van der Waals surface area contributed by atoms with Crippen LogP contribution in [-0.2, 0) is 11.8 Å². The van der Waals surface area contributed by atoms with E-state index in [2.05, 4.69) is 21.2 Å². The lowest BCUT2D eigenvalue weighted by Crippen LogP contribution is -2.44. The Balaban J connectivity index is 1.89. The normalized spacial score (nSPS) is 21.8. The van der Waals surface area contributed by atoms with E-state index in [-0.39, 0.29) is 29.0 Å². The third-order valence-corrected chi connectivity index (χ3v) is 4.72. The Morgan fingerprint density at radius 1 is 1.30 bits per heavy atom. The number of aromatic nitrogens is 1. The van der Waals surface area contributed by atoms with Gasteiger partial charge < -0.3 is 14.6 Å². The van der Waals surface area contributed by atoms with Crippen LogP contribution in [0.3, 0.4) is 0 Å². The van der Waals surface area contributed by atoms with Crippen molar-refractivity contribution in [3.05, 3.63) is 27.1 Å². The molecule has 0 spiro atoms. The summed E-state index contributed by atoms with van der Waals surface area (Å²) in [6, 6.07) is 1.73. The Kier molecular flexibility index (Phi) is 5.55. The van der Waals surface area contributed by atoms with E-state index in [1.54, 1.807) is 13.2 Å². The molecule has 1 heterocycles. The van der Waals surface area contributed by atoms with Crippen LogP contribution in [-0.4, -0.2) is 22.6 Å². The van der Waals surface area contributed by atoms with Gasteiger partial charge >= 0.3 is 0 Å². The van der Waals surface area contributed by atoms with Crippen LogP contribution in [0, 0.1) is 5.41 Å². The minimum atomic E-state index is -0.359. The van der Waals surface area contributed by atoms with Gasteiger partial charge in [0, 0.05) is 30.8 Å². The highest BCUT2D eigenvalue weighted by molar-refractivity contribution is 9.10. The first kappa shape index (κ1) is 18.0. The number of nitrogens with one attached hydrogen (secondary N) is 1. The van der Waals surface area contributed by atoms with Gasteiger partial charge in [-0.1, -0.05) is 20.8 Å². The quantitative estimate of drug-likeness (QED) is 0.870. The maximum Gasteiger partial charge on any atom is 0.254 e. The molecular weight excluding hydrogens is 360 g/mol. The lowest BCUT2D eigenvalue weighted by atomic mass is 9.90. The first-order chi connectivity index (χ1) is 10.7. The molecule has 1 aromatic rings. The van der Waals surface area contributed by atoms with E-state index in [9.17, 15) is 9.59 Å². The fraction of sp³-hybridized carbons (Fsp3) is 0.647. The second-order valence-corrected chi connectivity index (χ2v) is 8.10. The number of nitrogens with zero attached hydrogens (tertiary/aromatic N) is 1. The van der Waals surface area contributed by atoms with Gasteiger partial charge in [-0.15, -0.1) is 0 Å². The number of halogens is 1. The van der Waals surface area contributed by atoms with E-state index >= 15 is 0 Å². The SMILES string of the molecule is Cn1cc(Br)c(OC2CCC(NC(=O)C(C)(C)C)CC2)cc1=O. The van der Waals surface area contributed by atoms with Crippen molar-refractivity contribution in [2.45, 2.75) is 58.6 Å². The molecule has 128 valence electrons. The number of amides is 1. The smallest absolute Gasteiger partial charge is 0.254 e. The molecule has 1 aromatic heterocycles. The van der Waals surface area contributed by atoms with Gasteiger partial charge in [0.1, 0.15) is 5.75 Å². The van der Waals surface area contributed by atoms with Gasteiger partial charge in [-0.25, -0.2) is 0 Å². The fourth-order valence-electron chi connectivity index (χ4n) is 2.58. The van der Waals surface area contributed by atoms with Crippen molar-refractivity contribution in [1.29, 1.82) is 0 Å². The second kappa shape index (κ2) is 7.07. The monoisotopic (exact) mass is 384 g/mol. The minimum Gasteiger partial charge on any atom is -0.489 e. The van der Waals surface area contributed by atoms with E-state index < -0.39 is 0 Å². The molecular formula is C17H25BrN2O3. The number of rotatable bonds is 3. The maximum atomic E-state index is 12.0. The minimum absolute atomic E-state index is 0.0844. The Bertz CT molecular complexity index is 626. The summed E-state index contributed by atoms with van der Waals surface area (Å²) in [6.07, 6.45) is 5.34. The molecule has 1 aliphatic rings. The largest absolute Gasteiger partial charge is 0.489 e. The summed E-state index contributed by atoms with van der Waals surface area (Å²) in [5.74, 6) is 0.687. The highest BCUT2D eigenvalue weighted by Gasteiger charge is 2.28. The molecule has 1 fully saturated rings. The molecule has 0 unspecified atom stereocenters. The zero-order valence-electron chi connectivity index (χ0n) is 14.2. The van der Waals surface area contributed by atoms with Crippen LogP contribution < -0.4 is 15.6 Å². The number of hydrogen-bond acceptors (Lipinski definition) is 3. The van der Waals surface area contributed by atoms with Crippen LogP contribution in [0.2, 0.25) is 0 Å². The lowest BCUT2D eigenvalue weighted by Gasteiger charge is -2.31. The average Bonchev–Trinajstić information content (AvgIpc) is 2.45. The van der Waals surface area contributed by atoms with Gasteiger partial charge in [-0.3, -0.25) is 9.59 Å². The predicted octanol–water partition coefficient (Wildman–Crippen LogP) is 3.00. The van der Waals surface area contributed by atoms with Crippen LogP contribution in [0.15, 0.2) is 21.5 Å². The summed E-state index contributed by atoms with van der Waals surface area (Å²) in [5.41, 5.74) is -0.447. The molecule has 6 heteroatoms. The van der Waals surface area contributed by atoms with E-state index in [0.29, 0.717) is 5.75 Å². The molecule has 1 aliphatic carbocycles. The Morgan fingerprint density at radius 3 is 2.48 bits per heavy atom. The zero-order valence-corrected chi connectivity index (χ0v) is 15.8. The molecule has 2 rings (SSSR count). The predicted molar refractivity (Wildman–Crippen MR) is 93.7 cm³/mol. The number of pyridine rings is 1. The topological polar surface area (TPSA) is 60.3 Å².